The van der Waals surface area contributed by atoms with Gasteiger partial charge in [0.1, 0.15) is 6.07 Å². The third-order valence-corrected chi connectivity index (χ3v) is 2.74. The minimum Gasteiger partial charge on any atom is -0.462 e. The molecule has 1 aliphatic heterocycles. The zero-order chi connectivity index (χ0) is 12.1. The number of rotatable bonds is 3. The van der Waals surface area contributed by atoms with Gasteiger partial charge in [-0.2, -0.15) is 10.2 Å². The Hall–Kier alpha value is -1.83. The van der Waals surface area contributed by atoms with E-state index in [-0.39, 0.29) is 6.61 Å². The Kier molecular flexibility index (Phi) is 3.76. The Morgan fingerprint density at radius 1 is 1.35 bits per heavy atom. The fourth-order valence-corrected chi connectivity index (χ4v) is 1.94. The molecule has 0 radical (unpaired) electrons. The molecule has 1 fully saturated rings. The van der Waals surface area contributed by atoms with Crippen LogP contribution >= 0.6 is 0 Å². The quantitative estimate of drug-likeness (QED) is 0.793. The van der Waals surface area contributed by atoms with Crippen molar-refractivity contribution in [2.45, 2.75) is 26.2 Å². The number of anilines is 1. The third kappa shape index (κ3) is 3.06. The van der Waals surface area contributed by atoms with E-state index in [9.17, 15) is 0 Å². The van der Waals surface area contributed by atoms with Crippen molar-refractivity contribution in [3.8, 4) is 11.9 Å². The van der Waals surface area contributed by atoms with Crippen molar-refractivity contribution in [3.63, 3.8) is 0 Å². The fourth-order valence-electron chi connectivity index (χ4n) is 1.94. The summed E-state index contributed by atoms with van der Waals surface area (Å²) in [7, 11) is 0. The summed E-state index contributed by atoms with van der Waals surface area (Å²) in [5.41, 5.74) is 0.869. The molecule has 0 unspecified atom stereocenters. The maximum absolute atomic E-state index is 8.49. The number of hydrogen-bond acceptors (Lipinski definition) is 5. The van der Waals surface area contributed by atoms with Crippen molar-refractivity contribution >= 4 is 5.95 Å². The standard InChI is InChI=1S/C12H16N4O/c1-10-9-11(17-8-5-13)15-12(14-10)16-6-3-2-4-7-16/h9H,2-4,6-8H2,1H3. The molecule has 5 heteroatoms. The first-order valence-corrected chi connectivity index (χ1v) is 5.90. The molecule has 0 bridgehead atoms. The van der Waals surface area contributed by atoms with Crippen LogP contribution in [0.3, 0.4) is 0 Å². The van der Waals surface area contributed by atoms with Gasteiger partial charge in [0.15, 0.2) is 6.61 Å². The summed E-state index contributed by atoms with van der Waals surface area (Å²) >= 11 is 0. The molecule has 17 heavy (non-hydrogen) atoms. The number of aromatic nitrogens is 2. The van der Waals surface area contributed by atoms with E-state index in [1.165, 1.54) is 19.3 Å². The van der Waals surface area contributed by atoms with Crippen molar-refractivity contribution in [1.82, 2.24) is 9.97 Å². The first kappa shape index (κ1) is 11.6. The van der Waals surface area contributed by atoms with Gasteiger partial charge >= 0.3 is 0 Å². The summed E-state index contributed by atoms with van der Waals surface area (Å²) in [5, 5.41) is 8.49. The molecule has 2 heterocycles. The summed E-state index contributed by atoms with van der Waals surface area (Å²) in [4.78, 5) is 10.9. The average Bonchev–Trinajstić information content (AvgIpc) is 2.37. The Morgan fingerprint density at radius 2 is 2.12 bits per heavy atom. The molecule has 0 spiro atoms. The van der Waals surface area contributed by atoms with Gasteiger partial charge in [0, 0.05) is 24.8 Å². The number of nitriles is 1. The van der Waals surface area contributed by atoms with Gasteiger partial charge in [-0.3, -0.25) is 0 Å². The highest BCUT2D eigenvalue weighted by molar-refractivity contribution is 5.34. The lowest BCUT2D eigenvalue weighted by Gasteiger charge is -2.26. The van der Waals surface area contributed by atoms with Crippen molar-refractivity contribution in [3.05, 3.63) is 11.8 Å². The van der Waals surface area contributed by atoms with E-state index in [0.29, 0.717) is 5.88 Å². The summed E-state index contributed by atoms with van der Waals surface area (Å²) < 4.78 is 5.23. The van der Waals surface area contributed by atoms with Crippen LogP contribution in [0.15, 0.2) is 6.07 Å². The fraction of sp³-hybridized carbons (Fsp3) is 0.583. The van der Waals surface area contributed by atoms with Crippen molar-refractivity contribution in [1.29, 1.82) is 5.26 Å². The predicted molar refractivity (Wildman–Crippen MR) is 63.9 cm³/mol. The molecular formula is C12H16N4O. The van der Waals surface area contributed by atoms with Crippen LogP contribution in [0.1, 0.15) is 25.0 Å². The predicted octanol–water partition coefficient (Wildman–Crippen LogP) is 1.68. The Morgan fingerprint density at radius 3 is 2.82 bits per heavy atom. The SMILES string of the molecule is Cc1cc(OCC#N)nc(N2CCCCC2)n1. The highest BCUT2D eigenvalue weighted by Gasteiger charge is 2.14. The van der Waals surface area contributed by atoms with Crippen LogP contribution in [-0.4, -0.2) is 29.7 Å². The lowest BCUT2D eigenvalue weighted by Crippen LogP contribution is -2.31. The molecule has 0 N–H and O–H groups in total. The topological polar surface area (TPSA) is 62.0 Å². The summed E-state index contributed by atoms with van der Waals surface area (Å²) in [5.74, 6) is 1.21. The number of hydrogen-bond donors (Lipinski definition) is 0. The van der Waals surface area contributed by atoms with Gasteiger partial charge in [0.2, 0.25) is 11.8 Å². The highest BCUT2D eigenvalue weighted by atomic mass is 16.5. The zero-order valence-corrected chi connectivity index (χ0v) is 10.0. The van der Waals surface area contributed by atoms with Crippen LogP contribution in [0.2, 0.25) is 0 Å². The molecule has 1 aliphatic rings. The van der Waals surface area contributed by atoms with Crippen molar-refractivity contribution < 1.29 is 4.74 Å². The van der Waals surface area contributed by atoms with Gasteiger partial charge < -0.3 is 9.64 Å². The smallest absolute Gasteiger partial charge is 0.228 e. The molecule has 0 atom stereocenters. The summed E-state index contributed by atoms with van der Waals surface area (Å²) in [6, 6.07) is 3.69. The lowest BCUT2D eigenvalue weighted by molar-refractivity contribution is 0.352. The van der Waals surface area contributed by atoms with Crippen molar-refractivity contribution in [2.75, 3.05) is 24.6 Å². The van der Waals surface area contributed by atoms with Crippen LogP contribution < -0.4 is 9.64 Å². The second-order valence-electron chi connectivity index (χ2n) is 4.14. The van der Waals surface area contributed by atoms with Gasteiger partial charge in [-0.05, 0) is 26.2 Å². The first-order valence-electron chi connectivity index (χ1n) is 5.90. The third-order valence-electron chi connectivity index (χ3n) is 2.74. The van der Waals surface area contributed by atoms with Gasteiger partial charge in [-0.15, -0.1) is 0 Å². The number of piperidine rings is 1. The number of nitrogens with zero attached hydrogens (tertiary/aromatic N) is 4. The Balaban J connectivity index is 2.15. The van der Waals surface area contributed by atoms with E-state index in [1.54, 1.807) is 6.07 Å². The van der Waals surface area contributed by atoms with Crippen LogP contribution in [0.5, 0.6) is 5.88 Å². The second kappa shape index (κ2) is 5.48. The Labute approximate surface area is 101 Å². The van der Waals surface area contributed by atoms with E-state index in [1.807, 2.05) is 13.0 Å². The largest absolute Gasteiger partial charge is 0.462 e. The van der Waals surface area contributed by atoms with Gasteiger partial charge in [-0.1, -0.05) is 0 Å². The van der Waals surface area contributed by atoms with Crippen LogP contribution in [0.4, 0.5) is 5.95 Å². The van der Waals surface area contributed by atoms with E-state index in [2.05, 4.69) is 14.9 Å². The monoisotopic (exact) mass is 232 g/mol. The molecule has 90 valence electrons. The molecule has 5 nitrogen and oxygen atoms in total. The molecule has 0 aliphatic carbocycles. The number of ether oxygens (including phenoxy) is 1. The molecule has 1 saturated heterocycles. The highest BCUT2D eigenvalue weighted by Crippen LogP contribution is 2.19. The van der Waals surface area contributed by atoms with Crippen molar-refractivity contribution in [2.24, 2.45) is 0 Å². The van der Waals surface area contributed by atoms with Crippen LogP contribution in [-0.2, 0) is 0 Å². The lowest BCUT2D eigenvalue weighted by atomic mass is 10.1. The van der Waals surface area contributed by atoms with E-state index in [4.69, 9.17) is 10.00 Å². The maximum atomic E-state index is 8.49. The zero-order valence-electron chi connectivity index (χ0n) is 10.0. The normalized spacial score (nSPS) is 15.4. The summed E-state index contributed by atoms with van der Waals surface area (Å²) in [6.07, 6.45) is 3.65. The van der Waals surface area contributed by atoms with Gasteiger partial charge in [0.05, 0.1) is 0 Å². The second-order valence-corrected chi connectivity index (χ2v) is 4.14. The minimum absolute atomic E-state index is 0.0237. The minimum atomic E-state index is 0.0237. The molecule has 0 amide bonds. The van der Waals surface area contributed by atoms with Crippen LogP contribution in [0, 0.1) is 18.3 Å². The van der Waals surface area contributed by atoms with E-state index >= 15 is 0 Å². The number of aryl methyl sites for hydroxylation is 1. The molecule has 1 aromatic heterocycles. The van der Waals surface area contributed by atoms with Crippen LogP contribution in [0.25, 0.3) is 0 Å². The average molecular weight is 232 g/mol. The molecule has 1 aromatic rings. The molecule has 2 rings (SSSR count). The maximum Gasteiger partial charge on any atom is 0.228 e. The van der Waals surface area contributed by atoms with E-state index < -0.39 is 0 Å². The van der Waals surface area contributed by atoms with Gasteiger partial charge in [0.25, 0.3) is 0 Å². The van der Waals surface area contributed by atoms with Gasteiger partial charge in [-0.25, -0.2) is 4.98 Å². The molecule has 0 aromatic carbocycles. The molecular weight excluding hydrogens is 216 g/mol. The first-order chi connectivity index (χ1) is 8.29. The Bertz CT molecular complexity index is 421. The molecule has 0 saturated carbocycles. The van der Waals surface area contributed by atoms with E-state index in [0.717, 1.165) is 24.7 Å². The summed E-state index contributed by atoms with van der Waals surface area (Å²) in [6.45, 7) is 3.94.